The number of fused-ring (bicyclic) bond motifs is 1. The van der Waals surface area contributed by atoms with Crippen molar-refractivity contribution in [2.45, 2.75) is 35.5 Å². The molecule has 35 heavy (non-hydrogen) atoms. The van der Waals surface area contributed by atoms with E-state index in [0.29, 0.717) is 11.1 Å². The Bertz CT molecular complexity index is 1710. The number of hydrogen-bond donors (Lipinski definition) is 1. The van der Waals surface area contributed by atoms with Crippen LogP contribution in [0.5, 0.6) is 5.75 Å². The smallest absolute Gasteiger partial charge is 0.276 e. The summed E-state index contributed by atoms with van der Waals surface area (Å²) < 4.78 is 64.0. The standard InChI is InChI=1S/C25H24N2O6S2/c1-16-8-11-20(12-9-16)34(28,29)23-15-19-6-5-7-22(32-4)24(19)33-25(23)26-27-35(30,31)21-13-10-17(2)18(3)14-21/h5-15,27H,1-4H3. The molecule has 0 bridgehead atoms. The molecule has 182 valence electrons. The summed E-state index contributed by atoms with van der Waals surface area (Å²) in [6, 6.07) is 17.3. The molecule has 1 N–H and O–H groups in total. The lowest BCUT2D eigenvalue weighted by Gasteiger charge is -2.10. The van der Waals surface area contributed by atoms with E-state index in [2.05, 4.69) is 9.93 Å². The topological polar surface area (TPSA) is 115 Å². The molecule has 10 heteroatoms. The average molecular weight is 513 g/mol. The molecule has 0 aliphatic heterocycles. The van der Waals surface area contributed by atoms with E-state index in [-0.39, 0.29) is 20.3 Å². The first-order valence-electron chi connectivity index (χ1n) is 10.6. The van der Waals surface area contributed by atoms with Crippen molar-refractivity contribution in [1.82, 2.24) is 4.83 Å². The van der Waals surface area contributed by atoms with Crippen molar-refractivity contribution in [2.24, 2.45) is 5.10 Å². The van der Waals surface area contributed by atoms with E-state index in [9.17, 15) is 16.8 Å². The van der Waals surface area contributed by atoms with Crippen molar-refractivity contribution in [2.75, 3.05) is 7.11 Å². The fourth-order valence-corrected chi connectivity index (χ4v) is 5.65. The molecule has 0 radical (unpaired) electrons. The Balaban J connectivity index is 1.93. The molecule has 0 aliphatic rings. The van der Waals surface area contributed by atoms with Crippen molar-refractivity contribution in [1.29, 1.82) is 0 Å². The summed E-state index contributed by atoms with van der Waals surface area (Å²) in [5, 5.41) is 4.35. The van der Waals surface area contributed by atoms with E-state index in [1.807, 2.05) is 13.8 Å². The SMILES string of the molecule is COc1cccc2cc(S(=O)(=O)c3ccc(C)cc3)c(=NNS(=O)(=O)c3ccc(C)c(C)c3)oc12. The van der Waals surface area contributed by atoms with Crippen molar-refractivity contribution >= 4 is 30.8 Å². The van der Waals surface area contributed by atoms with Gasteiger partial charge in [0.1, 0.15) is 4.90 Å². The van der Waals surface area contributed by atoms with E-state index in [4.69, 9.17) is 9.15 Å². The quantitative estimate of drug-likeness (QED) is 0.391. The number of ether oxygens (including phenoxy) is 1. The normalized spacial score (nSPS) is 12.6. The number of sulfone groups is 1. The van der Waals surface area contributed by atoms with Crippen LogP contribution in [-0.4, -0.2) is 23.9 Å². The van der Waals surface area contributed by atoms with Gasteiger partial charge in [-0.15, -0.1) is 5.10 Å². The molecule has 3 aromatic carbocycles. The van der Waals surface area contributed by atoms with Crippen LogP contribution < -0.4 is 15.1 Å². The van der Waals surface area contributed by atoms with E-state index >= 15 is 0 Å². The third-order valence-electron chi connectivity index (χ3n) is 5.60. The predicted molar refractivity (Wildman–Crippen MR) is 131 cm³/mol. The maximum Gasteiger partial charge on any atom is 0.276 e. The number of methoxy groups -OCH3 is 1. The molecule has 4 rings (SSSR count). The predicted octanol–water partition coefficient (Wildman–Crippen LogP) is 3.99. The summed E-state index contributed by atoms with van der Waals surface area (Å²) in [5.41, 5.74) is 2.42. The Labute approximate surface area is 203 Å². The van der Waals surface area contributed by atoms with Crippen LogP contribution in [0.1, 0.15) is 16.7 Å². The van der Waals surface area contributed by atoms with Crippen molar-refractivity contribution in [3.05, 3.63) is 89.0 Å². The Hall–Kier alpha value is -3.63. The van der Waals surface area contributed by atoms with Gasteiger partial charge in [-0.05, 0) is 68.3 Å². The number of sulfonamides is 1. The molecule has 4 aromatic rings. The lowest BCUT2D eigenvalue weighted by atomic mass is 10.1. The number of nitrogens with zero attached hydrogens (tertiary/aromatic N) is 1. The minimum Gasteiger partial charge on any atom is -0.493 e. The Morgan fingerprint density at radius 1 is 0.829 bits per heavy atom. The van der Waals surface area contributed by atoms with Crippen LogP contribution in [-0.2, 0) is 19.9 Å². The number of benzene rings is 3. The third kappa shape index (κ3) is 4.80. The van der Waals surface area contributed by atoms with Gasteiger partial charge in [-0.25, -0.2) is 8.42 Å². The summed E-state index contributed by atoms with van der Waals surface area (Å²) in [4.78, 5) is 1.84. The molecule has 0 saturated heterocycles. The Kier molecular flexibility index (Phi) is 6.44. The fraction of sp³-hybridized carbons (Fsp3) is 0.160. The molecule has 0 unspecified atom stereocenters. The first kappa shape index (κ1) is 24.5. The number of aryl methyl sites for hydroxylation is 3. The van der Waals surface area contributed by atoms with Crippen LogP contribution in [0.3, 0.4) is 0 Å². The van der Waals surface area contributed by atoms with E-state index < -0.39 is 25.4 Å². The minimum absolute atomic E-state index is 0.00865. The van der Waals surface area contributed by atoms with Gasteiger partial charge in [0.15, 0.2) is 11.3 Å². The zero-order valence-electron chi connectivity index (χ0n) is 19.6. The molecule has 0 atom stereocenters. The molecular weight excluding hydrogens is 488 g/mol. The molecule has 8 nitrogen and oxygen atoms in total. The number of hydrogen-bond acceptors (Lipinski definition) is 7. The summed E-state index contributed by atoms with van der Waals surface area (Å²) in [6.45, 7) is 5.51. The van der Waals surface area contributed by atoms with Crippen molar-refractivity contribution in [3.8, 4) is 5.75 Å². The summed E-state index contributed by atoms with van der Waals surface area (Å²) >= 11 is 0. The first-order valence-corrected chi connectivity index (χ1v) is 13.5. The number of rotatable bonds is 6. The van der Waals surface area contributed by atoms with Crippen LogP contribution in [0.2, 0.25) is 0 Å². The summed E-state index contributed by atoms with van der Waals surface area (Å²) in [5.74, 6) is 0.343. The molecule has 0 fully saturated rings. The second kappa shape index (κ2) is 9.20. The highest BCUT2D eigenvalue weighted by molar-refractivity contribution is 7.91. The molecule has 0 aliphatic carbocycles. The lowest BCUT2D eigenvalue weighted by molar-refractivity contribution is 0.402. The van der Waals surface area contributed by atoms with Gasteiger partial charge in [-0.2, -0.15) is 13.2 Å². The third-order valence-corrected chi connectivity index (χ3v) is 8.57. The molecule has 0 spiro atoms. The van der Waals surface area contributed by atoms with Gasteiger partial charge in [-0.1, -0.05) is 35.9 Å². The summed E-state index contributed by atoms with van der Waals surface area (Å²) in [6.07, 6.45) is 0. The highest BCUT2D eigenvalue weighted by Gasteiger charge is 2.24. The second-order valence-electron chi connectivity index (χ2n) is 8.06. The van der Waals surface area contributed by atoms with Gasteiger partial charge >= 0.3 is 0 Å². The number of para-hydroxylation sites is 1. The van der Waals surface area contributed by atoms with E-state index in [1.165, 1.54) is 37.4 Å². The molecule has 1 aromatic heterocycles. The Morgan fingerprint density at radius 3 is 2.17 bits per heavy atom. The monoisotopic (exact) mass is 512 g/mol. The largest absolute Gasteiger partial charge is 0.493 e. The van der Waals surface area contributed by atoms with Gasteiger partial charge < -0.3 is 9.15 Å². The van der Waals surface area contributed by atoms with Crippen LogP contribution in [0, 0.1) is 20.8 Å². The maximum atomic E-state index is 13.5. The fourth-order valence-electron chi connectivity index (χ4n) is 3.42. The van der Waals surface area contributed by atoms with Gasteiger partial charge in [-0.3, -0.25) is 0 Å². The molecule has 0 amide bonds. The van der Waals surface area contributed by atoms with Crippen LogP contribution in [0.15, 0.2) is 90.9 Å². The molecule has 0 saturated carbocycles. The molecular formula is C25H24N2O6S2. The zero-order valence-corrected chi connectivity index (χ0v) is 21.2. The van der Waals surface area contributed by atoms with Crippen LogP contribution >= 0.6 is 0 Å². The van der Waals surface area contributed by atoms with E-state index in [1.54, 1.807) is 43.3 Å². The van der Waals surface area contributed by atoms with E-state index in [0.717, 1.165) is 16.7 Å². The zero-order chi connectivity index (χ0) is 25.4. The maximum absolute atomic E-state index is 13.5. The van der Waals surface area contributed by atoms with Crippen molar-refractivity contribution in [3.63, 3.8) is 0 Å². The van der Waals surface area contributed by atoms with Gasteiger partial charge in [0.2, 0.25) is 9.84 Å². The van der Waals surface area contributed by atoms with Gasteiger partial charge in [0.25, 0.3) is 15.6 Å². The summed E-state index contributed by atoms with van der Waals surface area (Å²) in [7, 11) is -6.76. The second-order valence-corrected chi connectivity index (χ2v) is 11.6. The lowest BCUT2D eigenvalue weighted by Crippen LogP contribution is -2.25. The molecule has 1 heterocycles. The van der Waals surface area contributed by atoms with Gasteiger partial charge in [0.05, 0.1) is 16.9 Å². The Morgan fingerprint density at radius 2 is 1.51 bits per heavy atom. The van der Waals surface area contributed by atoms with Crippen LogP contribution in [0.4, 0.5) is 0 Å². The highest BCUT2D eigenvalue weighted by Crippen LogP contribution is 2.27. The highest BCUT2D eigenvalue weighted by atomic mass is 32.2. The van der Waals surface area contributed by atoms with Gasteiger partial charge in [0, 0.05) is 5.39 Å². The van der Waals surface area contributed by atoms with Crippen LogP contribution in [0.25, 0.3) is 11.0 Å². The first-order chi connectivity index (χ1) is 16.5. The minimum atomic E-state index is -4.11. The number of nitrogens with one attached hydrogen (secondary N) is 1. The van der Waals surface area contributed by atoms with Crippen molar-refractivity contribution < 1.29 is 26.0 Å². The average Bonchev–Trinajstić information content (AvgIpc) is 2.83.